The van der Waals surface area contributed by atoms with Gasteiger partial charge in [-0.2, -0.15) is 4.98 Å². The average molecular weight is 480 g/mol. The van der Waals surface area contributed by atoms with Crippen LogP contribution in [-0.4, -0.2) is 71.1 Å². The first kappa shape index (κ1) is 23.1. The first-order valence-corrected chi connectivity index (χ1v) is 11.5. The van der Waals surface area contributed by atoms with Crippen LogP contribution in [0.3, 0.4) is 0 Å². The highest BCUT2D eigenvalue weighted by Gasteiger charge is 2.25. The molecule has 5 rings (SSSR count). The van der Waals surface area contributed by atoms with E-state index < -0.39 is 11.6 Å². The van der Waals surface area contributed by atoms with E-state index in [0.29, 0.717) is 36.7 Å². The number of hydrogen-bond acceptors (Lipinski definition) is 7. The van der Waals surface area contributed by atoms with Gasteiger partial charge in [-0.1, -0.05) is 18.2 Å². The van der Waals surface area contributed by atoms with Gasteiger partial charge < -0.3 is 15.4 Å². The molecular weight excluding hydrogens is 452 g/mol. The summed E-state index contributed by atoms with van der Waals surface area (Å²) in [7, 11) is 1.69. The monoisotopic (exact) mass is 479 g/mol. The van der Waals surface area contributed by atoms with E-state index in [2.05, 4.69) is 10.00 Å². The van der Waals surface area contributed by atoms with Gasteiger partial charge in [-0.05, 0) is 36.8 Å². The van der Waals surface area contributed by atoms with Crippen molar-refractivity contribution in [1.29, 1.82) is 0 Å². The lowest BCUT2D eigenvalue weighted by Crippen LogP contribution is -2.47. The van der Waals surface area contributed by atoms with Crippen LogP contribution in [0.5, 0.6) is 0 Å². The minimum atomic E-state index is -0.981. The number of nitrogens with zero attached hydrogens (tertiary/aromatic N) is 6. The van der Waals surface area contributed by atoms with E-state index in [0.717, 1.165) is 37.0 Å². The molecular formula is C25H27F2N7O. The van der Waals surface area contributed by atoms with Gasteiger partial charge in [0.25, 0.3) is 0 Å². The molecule has 0 saturated carbocycles. The minimum Gasteiger partial charge on any atom is -0.383 e. The zero-order chi connectivity index (χ0) is 24.5. The van der Waals surface area contributed by atoms with E-state index in [9.17, 15) is 8.78 Å². The second kappa shape index (κ2) is 9.55. The number of rotatable bonds is 6. The molecule has 2 aromatic carbocycles. The smallest absolute Gasteiger partial charge is 0.228 e. The second-order valence-corrected chi connectivity index (χ2v) is 8.63. The van der Waals surface area contributed by atoms with Crippen molar-refractivity contribution in [2.24, 2.45) is 0 Å². The summed E-state index contributed by atoms with van der Waals surface area (Å²) in [5.41, 5.74) is 8.87. The Morgan fingerprint density at radius 3 is 2.54 bits per heavy atom. The number of halogens is 2. The van der Waals surface area contributed by atoms with Crippen LogP contribution in [0.15, 0.2) is 42.5 Å². The van der Waals surface area contributed by atoms with Gasteiger partial charge in [-0.25, -0.2) is 18.4 Å². The van der Waals surface area contributed by atoms with Crippen LogP contribution in [0.25, 0.3) is 28.0 Å². The average Bonchev–Trinajstić information content (AvgIpc) is 3.20. The molecule has 0 amide bonds. The maximum atomic E-state index is 14.9. The number of fused-ring (bicyclic) bond motifs is 1. The molecule has 2 aromatic heterocycles. The molecule has 4 aromatic rings. The summed E-state index contributed by atoms with van der Waals surface area (Å²) in [6.45, 7) is 6.49. The molecule has 1 saturated heterocycles. The van der Waals surface area contributed by atoms with E-state index in [4.69, 9.17) is 20.4 Å². The van der Waals surface area contributed by atoms with Crippen molar-refractivity contribution in [2.45, 2.75) is 6.92 Å². The van der Waals surface area contributed by atoms with Crippen LogP contribution in [0, 0.1) is 18.6 Å². The number of hydrogen-bond donors (Lipinski definition) is 1. The summed E-state index contributed by atoms with van der Waals surface area (Å²) >= 11 is 0. The number of benzene rings is 2. The zero-order valence-corrected chi connectivity index (χ0v) is 19.7. The fourth-order valence-corrected chi connectivity index (χ4v) is 4.37. The van der Waals surface area contributed by atoms with Crippen LogP contribution in [0.4, 0.5) is 20.5 Å². The summed E-state index contributed by atoms with van der Waals surface area (Å²) in [5.74, 6) is -1.26. The first-order valence-electron chi connectivity index (χ1n) is 11.5. The quantitative estimate of drug-likeness (QED) is 0.454. The Morgan fingerprint density at radius 1 is 1.03 bits per heavy atom. The lowest BCUT2D eigenvalue weighted by Gasteiger charge is -2.34. The lowest BCUT2D eigenvalue weighted by molar-refractivity contribution is 0.144. The van der Waals surface area contributed by atoms with Crippen molar-refractivity contribution in [1.82, 2.24) is 24.6 Å². The molecule has 1 aliphatic heterocycles. The molecule has 0 spiro atoms. The SMILES string of the molecule is COCCN1CCN(c2nc(-c3cccc(F)c3F)c3c(N)n(-c4cccc(C)c4)nc3n2)CC1. The Labute approximate surface area is 201 Å². The van der Waals surface area contributed by atoms with E-state index in [1.54, 1.807) is 11.8 Å². The number of nitrogen functional groups attached to an aromatic ring is 1. The van der Waals surface area contributed by atoms with E-state index in [1.165, 1.54) is 12.1 Å². The highest BCUT2D eigenvalue weighted by Crippen LogP contribution is 2.35. The predicted molar refractivity (Wildman–Crippen MR) is 132 cm³/mol. The number of methoxy groups -OCH3 is 1. The zero-order valence-electron chi connectivity index (χ0n) is 19.7. The minimum absolute atomic E-state index is 0.0212. The normalized spacial score (nSPS) is 14.7. The standard InChI is InChI=1S/C25H27F2N7O/c1-16-5-3-6-17(15-16)34-23(28)20-22(18-7-4-8-19(26)21(18)27)29-25(30-24(20)31-34)33-11-9-32(10-12-33)13-14-35-2/h3-8,15H,9-14,28H2,1-2H3. The predicted octanol–water partition coefficient (Wildman–Crippen LogP) is 3.42. The van der Waals surface area contributed by atoms with Crippen LogP contribution < -0.4 is 10.6 Å². The van der Waals surface area contributed by atoms with Crippen LogP contribution in [0.1, 0.15) is 5.56 Å². The van der Waals surface area contributed by atoms with Gasteiger partial charge in [0.1, 0.15) is 5.82 Å². The van der Waals surface area contributed by atoms with Crippen LogP contribution in [-0.2, 0) is 4.74 Å². The fourth-order valence-electron chi connectivity index (χ4n) is 4.37. The molecule has 10 heteroatoms. The number of ether oxygens (including phenoxy) is 1. The number of piperazine rings is 1. The number of anilines is 2. The molecule has 0 aliphatic carbocycles. The Kier molecular flexibility index (Phi) is 6.31. The molecule has 0 atom stereocenters. The lowest BCUT2D eigenvalue weighted by atomic mass is 10.1. The maximum absolute atomic E-state index is 14.9. The summed E-state index contributed by atoms with van der Waals surface area (Å²) in [5, 5.41) is 5.03. The largest absolute Gasteiger partial charge is 0.383 e. The maximum Gasteiger partial charge on any atom is 0.228 e. The highest BCUT2D eigenvalue weighted by atomic mass is 19.2. The molecule has 1 aliphatic rings. The third-order valence-electron chi connectivity index (χ3n) is 6.28. The Hall–Kier alpha value is -3.63. The van der Waals surface area contributed by atoms with E-state index in [1.807, 2.05) is 36.1 Å². The summed E-state index contributed by atoms with van der Waals surface area (Å²) in [4.78, 5) is 13.7. The van der Waals surface area contributed by atoms with Gasteiger partial charge in [-0.15, -0.1) is 5.10 Å². The topological polar surface area (TPSA) is 85.3 Å². The third-order valence-corrected chi connectivity index (χ3v) is 6.28. The Morgan fingerprint density at radius 2 is 1.80 bits per heavy atom. The molecule has 8 nitrogen and oxygen atoms in total. The first-order chi connectivity index (χ1) is 17.0. The van der Waals surface area contributed by atoms with Gasteiger partial charge in [0.2, 0.25) is 5.95 Å². The van der Waals surface area contributed by atoms with Crippen LogP contribution in [0.2, 0.25) is 0 Å². The summed E-state index contributed by atoms with van der Waals surface area (Å²) < 4.78 is 35.9. The fraction of sp³-hybridized carbons (Fsp3) is 0.320. The molecule has 3 heterocycles. The number of aryl methyl sites for hydroxylation is 1. The van der Waals surface area contributed by atoms with Gasteiger partial charge in [0, 0.05) is 45.4 Å². The second-order valence-electron chi connectivity index (χ2n) is 8.63. The van der Waals surface area contributed by atoms with Crippen LogP contribution >= 0.6 is 0 Å². The highest BCUT2D eigenvalue weighted by molar-refractivity contribution is 5.99. The molecule has 1 fully saturated rings. The van der Waals surface area contributed by atoms with Crippen molar-refractivity contribution in [3.05, 3.63) is 59.7 Å². The van der Waals surface area contributed by atoms with Crippen molar-refractivity contribution < 1.29 is 13.5 Å². The van der Waals surface area contributed by atoms with Gasteiger partial charge in [-0.3, -0.25) is 4.90 Å². The van der Waals surface area contributed by atoms with Crippen molar-refractivity contribution >= 4 is 22.8 Å². The Balaban J connectivity index is 1.63. The summed E-state index contributed by atoms with van der Waals surface area (Å²) in [6, 6.07) is 11.7. The molecule has 182 valence electrons. The molecule has 35 heavy (non-hydrogen) atoms. The van der Waals surface area contributed by atoms with E-state index in [-0.39, 0.29) is 17.1 Å². The molecule has 2 N–H and O–H groups in total. The molecule has 0 unspecified atom stereocenters. The van der Waals surface area contributed by atoms with Gasteiger partial charge in [0.05, 0.1) is 23.4 Å². The summed E-state index contributed by atoms with van der Waals surface area (Å²) in [6.07, 6.45) is 0. The van der Waals surface area contributed by atoms with E-state index >= 15 is 0 Å². The molecule has 0 radical (unpaired) electrons. The number of aromatic nitrogens is 4. The molecule has 0 bridgehead atoms. The van der Waals surface area contributed by atoms with Gasteiger partial charge in [0.15, 0.2) is 17.3 Å². The van der Waals surface area contributed by atoms with Crippen molar-refractivity contribution in [3.8, 4) is 16.9 Å². The third kappa shape index (κ3) is 4.42. The van der Waals surface area contributed by atoms with Gasteiger partial charge >= 0.3 is 0 Å². The van der Waals surface area contributed by atoms with Crippen molar-refractivity contribution in [3.63, 3.8) is 0 Å². The number of nitrogens with two attached hydrogens (primary N) is 1. The van der Waals surface area contributed by atoms with Crippen molar-refractivity contribution in [2.75, 3.05) is 57.1 Å². The Bertz CT molecular complexity index is 1370.